The first kappa shape index (κ1) is 21.7. The molecule has 11 heteroatoms. The maximum atomic E-state index is 12.1. The molecule has 1 aliphatic rings. The lowest BCUT2D eigenvalue weighted by molar-refractivity contribution is -0.154. The molecule has 1 fully saturated rings. The molecule has 27 heavy (non-hydrogen) atoms. The number of nitrogens with one attached hydrogen (secondary N) is 2. The third-order valence-electron chi connectivity index (χ3n) is 4.42. The van der Waals surface area contributed by atoms with Crippen LogP contribution in [0.1, 0.15) is 39.5 Å². The summed E-state index contributed by atoms with van der Waals surface area (Å²) in [5.74, 6) is 0.582. The summed E-state index contributed by atoms with van der Waals surface area (Å²) in [7, 11) is -3.24. The molecule has 0 aromatic carbocycles. The Hall–Kier alpha value is -1.62. The average molecular weight is 410 g/mol. The van der Waals surface area contributed by atoms with E-state index in [0.29, 0.717) is 18.3 Å². The number of anilines is 1. The van der Waals surface area contributed by atoms with E-state index < -0.39 is 28.1 Å². The Kier molecular flexibility index (Phi) is 7.26. The molecule has 0 saturated heterocycles. The first-order valence-corrected chi connectivity index (χ1v) is 10.4. The molecular weight excluding hydrogens is 385 g/mol. The first-order chi connectivity index (χ1) is 12.5. The normalized spacial score (nSPS) is 21.3. The molecule has 1 aliphatic carbocycles. The van der Waals surface area contributed by atoms with E-state index in [1.807, 2.05) is 0 Å². The average Bonchev–Trinajstić information content (AvgIpc) is 2.60. The molecule has 0 spiro atoms. The Balaban J connectivity index is 1.74. The van der Waals surface area contributed by atoms with Gasteiger partial charge in [0.05, 0.1) is 5.25 Å². The van der Waals surface area contributed by atoms with E-state index >= 15 is 0 Å². The van der Waals surface area contributed by atoms with Gasteiger partial charge >= 0.3 is 6.18 Å². The second-order valence-electron chi connectivity index (χ2n) is 6.96. The fourth-order valence-corrected chi connectivity index (χ4v) is 3.55. The van der Waals surface area contributed by atoms with Crippen molar-refractivity contribution < 1.29 is 26.3 Å². The van der Waals surface area contributed by atoms with Crippen LogP contribution in [0.2, 0.25) is 0 Å². The van der Waals surface area contributed by atoms with Gasteiger partial charge < -0.3 is 10.1 Å². The van der Waals surface area contributed by atoms with Crippen molar-refractivity contribution in [2.24, 2.45) is 5.92 Å². The topological polar surface area (TPSA) is 93.2 Å². The molecule has 0 bridgehead atoms. The van der Waals surface area contributed by atoms with Crippen LogP contribution in [-0.4, -0.2) is 49.2 Å². The number of sulfonamides is 1. The van der Waals surface area contributed by atoms with E-state index in [1.54, 1.807) is 13.8 Å². The molecule has 0 radical (unpaired) electrons. The number of hydrogen-bond donors (Lipinski definition) is 2. The van der Waals surface area contributed by atoms with Gasteiger partial charge in [-0.05, 0) is 51.5 Å². The van der Waals surface area contributed by atoms with Crippen molar-refractivity contribution in [3.8, 4) is 5.88 Å². The molecule has 154 valence electrons. The maximum Gasteiger partial charge on any atom is 0.422 e. The molecule has 1 aromatic rings. The van der Waals surface area contributed by atoms with Gasteiger partial charge in [-0.25, -0.2) is 13.1 Å². The van der Waals surface area contributed by atoms with Crippen LogP contribution in [0.4, 0.5) is 19.0 Å². The minimum absolute atomic E-state index is 0.166. The summed E-state index contributed by atoms with van der Waals surface area (Å²) in [4.78, 5) is 0. The van der Waals surface area contributed by atoms with Crippen LogP contribution in [-0.2, 0) is 10.0 Å². The fourth-order valence-electron chi connectivity index (χ4n) is 2.75. The Morgan fingerprint density at radius 1 is 1.19 bits per heavy atom. The van der Waals surface area contributed by atoms with Gasteiger partial charge in [-0.3, -0.25) is 0 Å². The monoisotopic (exact) mass is 410 g/mol. The van der Waals surface area contributed by atoms with E-state index in [9.17, 15) is 21.6 Å². The van der Waals surface area contributed by atoms with Gasteiger partial charge in [0.25, 0.3) is 0 Å². The minimum atomic E-state index is -4.42. The van der Waals surface area contributed by atoms with Crippen LogP contribution in [0.5, 0.6) is 5.88 Å². The summed E-state index contributed by atoms with van der Waals surface area (Å²) < 4.78 is 67.1. The molecule has 1 heterocycles. The number of alkyl halides is 3. The maximum absolute atomic E-state index is 12.1. The van der Waals surface area contributed by atoms with E-state index in [4.69, 9.17) is 0 Å². The first-order valence-electron chi connectivity index (χ1n) is 8.83. The molecule has 7 nitrogen and oxygen atoms in total. The zero-order valence-electron chi connectivity index (χ0n) is 15.3. The third kappa shape index (κ3) is 7.49. The second-order valence-corrected chi connectivity index (χ2v) is 9.29. The zero-order chi connectivity index (χ0) is 20.1. The Labute approximate surface area is 157 Å². The fraction of sp³-hybridized carbons (Fsp3) is 0.750. The van der Waals surface area contributed by atoms with Crippen molar-refractivity contribution in [2.75, 3.05) is 18.5 Å². The molecule has 0 unspecified atom stereocenters. The van der Waals surface area contributed by atoms with E-state index in [2.05, 4.69) is 25.0 Å². The van der Waals surface area contributed by atoms with Gasteiger partial charge in [0, 0.05) is 18.7 Å². The highest BCUT2D eigenvalue weighted by atomic mass is 32.2. The predicted molar refractivity (Wildman–Crippen MR) is 95.0 cm³/mol. The lowest BCUT2D eigenvalue weighted by atomic mass is 9.86. The van der Waals surface area contributed by atoms with Crippen molar-refractivity contribution in [3.63, 3.8) is 0 Å². The lowest BCUT2D eigenvalue weighted by Crippen LogP contribution is -2.37. The molecule has 0 aliphatic heterocycles. The van der Waals surface area contributed by atoms with Crippen LogP contribution in [0, 0.1) is 5.92 Å². The van der Waals surface area contributed by atoms with Crippen molar-refractivity contribution in [1.29, 1.82) is 0 Å². The molecule has 1 saturated carbocycles. The zero-order valence-corrected chi connectivity index (χ0v) is 16.1. The molecular formula is C16H25F3N4O3S. The molecule has 0 amide bonds. The summed E-state index contributed by atoms with van der Waals surface area (Å²) >= 11 is 0. The largest absolute Gasteiger partial charge is 0.467 e. The van der Waals surface area contributed by atoms with Crippen molar-refractivity contribution in [2.45, 2.75) is 57.0 Å². The number of rotatable bonds is 8. The minimum Gasteiger partial charge on any atom is -0.467 e. The highest BCUT2D eigenvalue weighted by Gasteiger charge is 2.29. The number of hydrogen-bond acceptors (Lipinski definition) is 6. The summed E-state index contributed by atoms with van der Waals surface area (Å²) in [6, 6.07) is 3.04. The van der Waals surface area contributed by atoms with Crippen LogP contribution in [0.15, 0.2) is 12.1 Å². The third-order valence-corrected chi connectivity index (χ3v) is 6.23. The summed E-state index contributed by atoms with van der Waals surface area (Å²) in [5.41, 5.74) is 0. The van der Waals surface area contributed by atoms with E-state index in [-0.39, 0.29) is 11.9 Å². The Morgan fingerprint density at radius 3 is 2.37 bits per heavy atom. The SMILES string of the molecule is CC(C)S(=O)(=O)NC[C@H]1CC[C@H](Nc2ccc(OCC(F)(F)F)nn2)CC1. The standard InChI is InChI=1S/C16H25F3N4O3S/c1-11(2)27(24,25)20-9-12-3-5-13(6-4-12)21-14-7-8-15(23-22-14)26-10-16(17,18)19/h7-8,11-13,20H,3-6,9-10H2,1-2H3,(H,21,22)/t12-,13-. The van der Waals surface area contributed by atoms with Gasteiger partial charge in [-0.15, -0.1) is 10.2 Å². The highest BCUT2D eigenvalue weighted by molar-refractivity contribution is 7.90. The van der Waals surface area contributed by atoms with Gasteiger partial charge in [-0.1, -0.05) is 0 Å². The molecule has 2 N–H and O–H groups in total. The quantitative estimate of drug-likeness (QED) is 0.685. The van der Waals surface area contributed by atoms with Crippen molar-refractivity contribution in [3.05, 3.63) is 12.1 Å². The van der Waals surface area contributed by atoms with Crippen LogP contribution in [0.3, 0.4) is 0 Å². The highest BCUT2D eigenvalue weighted by Crippen LogP contribution is 2.26. The number of ether oxygens (including phenoxy) is 1. The Morgan fingerprint density at radius 2 is 1.85 bits per heavy atom. The van der Waals surface area contributed by atoms with Crippen LogP contribution < -0.4 is 14.8 Å². The predicted octanol–water partition coefficient (Wildman–Crippen LogP) is 2.72. The summed E-state index contributed by atoms with van der Waals surface area (Å²) in [6.45, 7) is 2.32. The van der Waals surface area contributed by atoms with Crippen LogP contribution >= 0.6 is 0 Å². The lowest BCUT2D eigenvalue weighted by Gasteiger charge is -2.29. The van der Waals surface area contributed by atoms with Gasteiger partial charge in [0.15, 0.2) is 6.61 Å². The van der Waals surface area contributed by atoms with Gasteiger partial charge in [-0.2, -0.15) is 13.2 Å². The summed E-state index contributed by atoms with van der Waals surface area (Å²) in [5, 5.41) is 10.2. The number of nitrogens with zero attached hydrogens (tertiary/aromatic N) is 2. The number of aromatic nitrogens is 2. The molecule has 2 rings (SSSR count). The van der Waals surface area contributed by atoms with Gasteiger partial charge in [0.1, 0.15) is 5.82 Å². The number of halogens is 3. The van der Waals surface area contributed by atoms with Crippen molar-refractivity contribution >= 4 is 15.8 Å². The van der Waals surface area contributed by atoms with Crippen LogP contribution in [0.25, 0.3) is 0 Å². The van der Waals surface area contributed by atoms with E-state index in [1.165, 1.54) is 12.1 Å². The molecule has 0 atom stereocenters. The van der Waals surface area contributed by atoms with Crippen molar-refractivity contribution in [1.82, 2.24) is 14.9 Å². The summed E-state index contributed by atoms with van der Waals surface area (Å²) in [6.07, 6.45) is -0.971. The van der Waals surface area contributed by atoms with E-state index in [0.717, 1.165) is 25.7 Å². The Bertz CT molecular complexity index is 688. The smallest absolute Gasteiger partial charge is 0.422 e. The second kappa shape index (κ2) is 9.05. The van der Waals surface area contributed by atoms with Gasteiger partial charge in [0.2, 0.25) is 15.9 Å². The molecule has 1 aromatic heterocycles.